The van der Waals surface area contributed by atoms with Gasteiger partial charge in [-0.1, -0.05) is 0 Å². The van der Waals surface area contributed by atoms with Gasteiger partial charge >= 0.3 is 12.1 Å². The summed E-state index contributed by atoms with van der Waals surface area (Å²) in [6.07, 6.45) is -4.79. The molecule has 0 saturated heterocycles. The summed E-state index contributed by atoms with van der Waals surface area (Å²) in [5.41, 5.74) is -1.10. The molecule has 8 heteroatoms. The van der Waals surface area contributed by atoms with E-state index in [9.17, 15) is 22.4 Å². The van der Waals surface area contributed by atoms with Crippen molar-refractivity contribution in [2.75, 3.05) is 6.61 Å². The van der Waals surface area contributed by atoms with E-state index in [1.54, 1.807) is 0 Å². The van der Waals surface area contributed by atoms with E-state index in [4.69, 9.17) is 14.6 Å². The number of hydrogen-bond acceptors (Lipinski definition) is 3. The van der Waals surface area contributed by atoms with E-state index in [-0.39, 0.29) is 24.5 Å². The van der Waals surface area contributed by atoms with Crippen molar-refractivity contribution >= 4 is 5.97 Å². The Balaban J connectivity index is 2.02. The van der Waals surface area contributed by atoms with Crippen LogP contribution in [0.4, 0.5) is 17.6 Å². The fourth-order valence-electron chi connectivity index (χ4n) is 1.75. The number of alkyl halides is 3. The molecule has 0 aliphatic carbocycles. The van der Waals surface area contributed by atoms with Crippen LogP contribution in [0.15, 0.2) is 42.5 Å². The Hall–Kier alpha value is -2.77. The Bertz CT molecular complexity index is 711. The molecule has 4 nitrogen and oxygen atoms in total. The summed E-state index contributed by atoms with van der Waals surface area (Å²) in [4.78, 5) is 10.4. The van der Waals surface area contributed by atoms with Crippen LogP contribution in [-0.2, 0) is 11.0 Å². The van der Waals surface area contributed by atoms with Crippen molar-refractivity contribution in [3.63, 3.8) is 0 Å². The van der Waals surface area contributed by atoms with Gasteiger partial charge in [-0.2, -0.15) is 13.2 Å². The number of hydrogen-bond donors (Lipinski definition) is 1. The summed E-state index contributed by atoms with van der Waals surface area (Å²) in [5, 5.41) is 8.49. The Morgan fingerprint density at radius 1 is 1.04 bits per heavy atom. The van der Waals surface area contributed by atoms with Crippen LogP contribution < -0.4 is 9.47 Å². The van der Waals surface area contributed by atoms with Crippen molar-refractivity contribution in [1.29, 1.82) is 0 Å². The quantitative estimate of drug-likeness (QED) is 0.785. The Labute approximate surface area is 134 Å². The average molecular weight is 344 g/mol. The van der Waals surface area contributed by atoms with Crippen LogP contribution >= 0.6 is 0 Å². The highest BCUT2D eigenvalue weighted by molar-refractivity contribution is 5.66. The summed E-state index contributed by atoms with van der Waals surface area (Å²) >= 11 is 0. The highest BCUT2D eigenvalue weighted by Crippen LogP contribution is 2.33. The van der Waals surface area contributed by atoms with Crippen LogP contribution in [0.25, 0.3) is 0 Å². The molecule has 0 saturated carbocycles. The monoisotopic (exact) mass is 344 g/mol. The lowest BCUT2D eigenvalue weighted by molar-refractivity contribution is -0.138. The van der Waals surface area contributed by atoms with Crippen LogP contribution in [0, 0.1) is 5.82 Å². The molecule has 0 amide bonds. The summed E-state index contributed by atoms with van der Waals surface area (Å²) in [6.45, 7) is -0.0108. The molecule has 0 aliphatic heterocycles. The van der Waals surface area contributed by atoms with Gasteiger partial charge in [0.15, 0.2) is 11.6 Å². The third kappa shape index (κ3) is 4.87. The van der Waals surface area contributed by atoms with E-state index in [1.807, 2.05) is 0 Å². The molecule has 0 aliphatic rings. The second-order valence-corrected chi connectivity index (χ2v) is 4.71. The zero-order valence-corrected chi connectivity index (χ0v) is 12.1. The molecule has 0 radical (unpaired) electrons. The molecule has 0 atom stereocenters. The SMILES string of the molecule is O=C(O)CCOc1ccc(Oc2ccc(C(F)(F)F)cc2F)cc1. The van der Waals surface area contributed by atoms with Crippen molar-refractivity contribution in [1.82, 2.24) is 0 Å². The van der Waals surface area contributed by atoms with Crippen molar-refractivity contribution in [2.24, 2.45) is 0 Å². The first-order valence-electron chi connectivity index (χ1n) is 6.75. The molecule has 2 aromatic carbocycles. The topological polar surface area (TPSA) is 55.8 Å². The van der Waals surface area contributed by atoms with Gasteiger partial charge in [0.05, 0.1) is 18.6 Å². The molecule has 0 unspecified atom stereocenters. The molecule has 0 bridgehead atoms. The zero-order chi connectivity index (χ0) is 17.7. The van der Waals surface area contributed by atoms with Crippen LogP contribution in [0.3, 0.4) is 0 Å². The number of rotatable bonds is 6. The number of aliphatic carboxylic acids is 1. The first kappa shape index (κ1) is 17.6. The summed E-state index contributed by atoms with van der Waals surface area (Å²) in [7, 11) is 0. The van der Waals surface area contributed by atoms with Crippen molar-refractivity contribution in [2.45, 2.75) is 12.6 Å². The second kappa shape index (κ2) is 7.20. The van der Waals surface area contributed by atoms with E-state index in [2.05, 4.69) is 0 Å². The number of carboxylic acid groups (broad SMARTS) is 1. The van der Waals surface area contributed by atoms with E-state index in [0.29, 0.717) is 11.8 Å². The lowest BCUT2D eigenvalue weighted by Gasteiger charge is -2.11. The highest BCUT2D eigenvalue weighted by Gasteiger charge is 2.31. The number of carbonyl (C=O) groups is 1. The first-order valence-corrected chi connectivity index (χ1v) is 6.75. The molecule has 0 aromatic heterocycles. The Morgan fingerprint density at radius 2 is 1.67 bits per heavy atom. The minimum atomic E-state index is -4.63. The van der Waals surface area contributed by atoms with Gasteiger partial charge in [0.25, 0.3) is 0 Å². The normalized spacial score (nSPS) is 11.2. The molecule has 2 rings (SSSR count). The van der Waals surface area contributed by atoms with Crippen molar-refractivity contribution in [3.05, 3.63) is 53.8 Å². The number of benzene rings is 2. The molecular formula is C16H12F4O4. The fourth-order valence-corrected chi connectivity index (χ4v) is 1.75. The van der Waals surface area contributed by atoms with Crippen LogP contribution in [0.5, 0.6) is 17.2 Å². The maximum absolute atomic E-state index is 13.7. The number of carboxylic acids is 1. The van der Waals surface area contributed by atoms with Crippen LogP contribution in [0.1, 0.15) is 12.0 Å². The Kier molecular flexibility index (Phi) is 5.28. The Morgan fingerprint density at radius 3 is 2.21 bits per heavy atom. The zero-order valence-electron chi connectivity index (χ0n) is 12.1. The average Bonchev–Trinajstić information content (AvgIpc) is 2.49. The standard InChI is InChI=1S/C16H12F4O4/c17-13-9-10(16(18,19)20)1-6-14(13)24-12-4-2-11(3-5-12)23-8-7-15(21)22/h1-6,9H,7-8H2,(H,21,22). The maximum atomic E-state index is 13.7. The van der Waals surface area contributed by atoms with Crippen molar-refractivity contribution in [3.8, 4) is 17.2 Å². The minimum absolute atomic E-state index is 0.0108. The van der Waals surface area contributed by atoms with E-state index in [0.717, 1.165) is 12.1 Å². The van der Waals surface area contributed by atoms with Gasteiger partial charge in [0, 0.05) is 0 Å². The van der Waals surface area contributed by atoms with E-state index >= 15 is 0 Å². The van der Waals surface area contributed by atoms with E-state index in [1.165, 1.54) is 24.3 Å². The lowest BCUT2D eigenvalue weighted by Crippen LogP contribution is -2.05. The van der Waals surface area contributed by atoms with Gasteiger partial charge in [0.1, 0.15) is 11.5 Å². The largest absolute Gasteiger partial charge is 0.493 e. The molecule has 24 heavy (non-hydrogen) atoms. The van der Waals surface area contributed by atoms with Gasteiger partial charge in [-0.05, 0) is 42.5 Å². The smallest absolute Gasteiger partial charge is 0.416 e. The predicted octanol–water partition coefficient (Wildman–Crippen LogP) is 4.49. The molecule has 0 heterocycles. The number of ether oxygens (including phenoxy) is 2. The first-order chi connectivity index (χ1) is 11.3. The second-order valence-electron chi connectivity index (χ2n) is 4.71. The molecule has 128 valence electrons. The van der Waals surface area contributed by atoms with Crippen LogP contribution in [-0.4, -0.2) is 17.7 Å². The third-order valence-electron chi connectivity index (χ3n) is 2.90. The molecule has 2 aromatic rings. The highest BCUT2D eigenvalue weighted by atomic mass is 19.4. The van der Waals surface area contributed by atoms with Gasteiger partial charge in [-0.15, -0.1) is 0 Å². The maximum Gasteiger partial charge on any atom is 0.416 e. The molecule has 0 spiro atoms. The van der Waals surface area contributed by atoms with Gasteiger partial charge in [0.2, 0.25) is 0 Å². The fraction of sp³-hybridized carbons (Fsp3) is 0.188. The number of halogens is 4. The molecule has 0 fully saturated rings. The van der Waals surface area contributed by atoms with E-state index < -0.39 is 23.5 Å². The summed E-state index contributed by atoms with van der Waals surface area (Å²) < 4.78 is 61.4. The summed E-state index contributed by atoms with van der Waals surface area (Å²) in [5.74, 6) is -1.89. The van der Waals surface area contributed by atoms with Crippen LogP contribution in [0.2, 0.25) is 0 Å². The van der Waals surface area contributed by atoms with Gasteiger partial charge in [-0.3, -0.25) is 4.79 Å². The summed E-state index contributed by atoms with van der Waals surface area (Å²) in [6, 6.07) is 7.77. The minimum Gasteiger partial charge on any atom is -0.493 e. The van der Waals surface area contributed by atoms with Gasteiger partial charge < -0.3 is 14.6 Å². The van der Waals surface area contributed by atoms with Gasteiger partial charge in [-0.25, -0.2) is 4.39 Å². The molecule has 1 N–H and O–H groups in total. The predicted molar refractivity (Wildman–Crippen MR) is 75.7 cm³/mol. The van der Waals surface area contributed by atoms with Crippen molar-refractivity contribution < 1.29 is 36.9 Å². The lowest BCUT2D eigenvalue weighted by atomic mass is 10.2. The third-order valence-corrected chi connectivity index (χ3v) is 2.90. The molecular weight excluding hydrogens is 332 g/mol.